The highest BCUT2D eigenvalue weighted by atomic mass is 16.5. The number of hydrogen-bond acceptors (Lipinski definition) is 4. The van der Waals surface area contributed by atoms with Crippen molar-refractivity contribution in [2.24, 2.45) is 11.7 Å². The first-order chi connectivity index (χ1) is 6.88. The molecule has 0 aromatic rings. The minimum atomic E-state index is -0.652. The highest BCUT2D eigenvalue weighted by Gasteiger charge is 2.20. The van der Waals surface area contributed by atoms with Gasteiger partial charge in [-0.15, -0.1) is 0 Å². The zero-order valence-corrected chi connectivity index (χ0v) is 9.74. The van der Waals surface area contributed by atoms with E-state index in [2.05, 4.69) is 10.1 Å². The first kappa shape index (κ1) is 13.9. The number of hydrogen-bond donors (Lipinski definition) is 2. The number of esters is 1. The number of carbonyl (C=O) groups is 2. The standard InChI is InChI=1S/C10H20N2O3/c1-6(2)5-8(11)9(13)12-7(3)10(14)15-4/h6-8H,5,11H2,1-4H3,(H,12,13)/t7?,8-/m0/s1. The molecule has 1 unspecified atom stereocenters. The van der Waals surface area contributed by atoms with Gasteiger partial charge in [0.2, 0.25) is 5.91 Å². The molecule has 5 nitrogen and oxygen atoms in total. The van der Waals surface area contributed by atoms with Crippen LogP contribution >= 0.6 is 0 Å². The maximum Gasteiger partial charge on any atom is 0.328 e. The number of rotatable bonds is 5. The van der Waals surface area contributed by atoms with Crippen molar-refractivity contribution in [1.29, 1.82) is 0 Å². The van der Waals surface area contributed by atoms with Gasteiger partial charge in [0, 0.05) is 0 Å². The summed E-state index contributed by atoms with van der Waals surface area (Å²) in [6, 6.07) is -1.22. The molecule has 0 aliphatic carbocycles. The summed E-state index contributed by atoms with van der Waals surface area (Å²) in [4.78, 5) is 22.5. The van der Waals surface area contributed by atoms with Crippen LogP contribution in [0, 0.1) is 5.92 Å². The maximum absolute atomic E-state index is 11.5. The van der Waals surface area contributed by atoms with Gasteiger partial charge in [0.15, 0.2) is 0 Å². The Morgan fingerprint density at radius 1 is 1.33 bits per heavy atom. The van der Waals surface area contributed by atoms with Crippen molar-refractivity contribution in [3.05, 3.63) is 0 Å². The lowest BCUT2D eigenvalue weighted by Crippen LogP contribution is -2.47. The van der Waals surface area contributed by atoms with Crippen LogP contribution < -0.4 is 11.1 Å². The lowest BCUT2D eigenvalue weighted by atomic mass is 10.0. The lowest BCUT2D eigenvalue weighted by Gasteiger charge is -2.17. The average Bonchev–Trinajstić information content (AvgIpc) is 2.15. The van der Waals surface area contributed by atoms with Crippen molar-refractivity contribution in [3.8, 4) is 0 Å². The summed E-state index contributed by atoms with van der Waals surface area (Å²) in [6.07, 6.45) is 0.597. The predicted molar refractivity (Wildman–Crippen MR) is 57.1 cm³/mol. The normalized spacial score (nSPS) is 14.5. The number of carbonyl (C=O) groups excluding carboxylic acids is 2. The highest BCUT2D eigenvalue weighted by Crippen LogP contribution is 2.02. The van der Waals surface area contributed by atoms with E-state index in [-0.39, 0.29) is 5.91 Å². The summed E-state index contributed by atoms with van der Waals surface area (Å²) < 4.78 is 4.48. The summed E-state index contributed by atoms with van der Waals surface area (Å²) in [5.41, 5.74) is 5.64. The topological polar surface area (TPSA) is 81.4 Å². The summed E-state index contributed by atoms with van der Waals surface area (Å²) in [5, 5.41) is 2.50. The van der Waals surface area contributed by atoms with Gasteiger partial charge in [-0.05, 0) is 19.3 Å². The molecule has 3 N–H and O–H groups in total. The molecule has 0 aromatic carbocycles. The SMILES string of the molecule is COC(=O)C(C)NC(=O)[C@@H](N)CC(C)C. The van der Waals surface area contributed by atoms with Crippen molar-refractivity contribution in [2.45, 2.75) is 39.3 Å². The minimum Gasteiger partial charge on any atom is -0.467 e. The third kappa shape index (κ3) is 5.37. The molecule has 0 bridgehead atoms. The molecule has 0 aliphatic rings. The minimum absolute atomic E-state index is 0.318. The van der Waals surface area contributed by atoms with Crippen LogP contribution in [0.15, 0.2) is 0 Å². The number of amides is 1. The zero-order chi connectivity index (χ0) is 12.0. The Balaban J connectivity index is 4.07. The summed E-state index contributed by atoms with van der Waals surface area (Å²) in [5.74, 6) is -0.444. The van der Waals surface area contributed by atoms with Gasteiger partial charge >= 0.3 is 5.97 Å². The van der Waals surface area contributed by atoms with E-state index in [1.54, 1.807) is 6.92 Å². The first-order valence-electron chi connectivity index (χ1n) is 5.02. The Kier molecular flexibility index (Phi) is 5.93. The van der Waals surface area contributed by atoms with Gasteiger partial charge < -0.3 is 15.8 Å². The van der Waals surface area contributed by atoms with Crippen LogP contribution in [0.4, 0.5) is 0 Å². The van der Waals surface area contributed by atoms with Crippen molar-refractivity contribution < 1.29 is 14.3 Å². The number of ether oxygens (including phenoxy) is 1. The van der Waals surface area contributed by atoms with Crippen LogP contribution in [0.5, 0.6) is 0 Å². The van der Waals surface area contributed by atoms with Crippen molar-refractivity contribution in [3.63, 3.8) is 0 Å². The van der Waals surface area contributed by atoms with Gasteiger partial charge in [-0.2, -0.15) is 0 Å². The number of methoxy groups -OCH3 is 1. The molecule has 0 aromatic heterocycles. The fraction of sp³-hybridized carbons (Fsp3) is 0.800. The molecular weight excluding hydrogens is 196 g/mol. The molecule has 0 fully saturated rings. The number of nitrogens with two attached hydrogens (primary N) is 1. The molecule has 0 aliphatic heterocycles. The Morgan fingerprint density at radius 2 is 1.87 bits per heavy atom. The Bertz CT molecular complexity index is 229. The molecule has 88 valence electrons. The quantitative estimate of drug-likeness (QED) is 0.636. The van der Waals surface area contributed by atoms with Crippen LogP contribution in [-0.4, -0.2) is 31.1 Å². The van der Waals surface area contributed by atoms with E-state index in [1.807, 2.05) is 13.8 Å². The molecule has 15 heavy (non-hydrogen) atoms. The third-order valence-electron chi connectivity index (χ3n) is 1.98. The second kappa shape index (κ2) is 6.40. The van der Waals surface area contributed by atoms with Crippen molar-refractivity contribution in [1.82, 2.24) is 5.32 Å². The highest BCUT2D eigenvalue weighted by molar-refractivity contribution is 5.87. The molecule has 0 saturated carbocycles. The van der Waals surface area contributed by atoms with Crippen LogP contribution in [0.2, 0.25) is 0 Å². The molecule has 0 radical (unpaired) electrons. The molecule has 0 rings (SSSR count). The molecule has 2 atom stereocenters. The fourth-order valence-corrected chi connectivity index (χ4v) is 1.17. The zero-order valence-electron chi connectivity index (χ0n) is 9.74. The summed E-state index contributed by atoms with van der Waals surface area (Å²) in [6.45, 7) is 5.53. The Labute approximate surface area is 90.4 Å². The monoisotopic (exact) mass is 216 g/mol. The van der Waals surface area contributed by atoms with E-state index >= 15 is 0 Å². The predicted octanol–water partition coefficient (Wildman–Crippen LogP) is 0.0375. The summed E-state index contributed by atoms with van der Waals surface area (Å²) in [7, 11) is 1.28. The average molecular weight is 216 g/mol. The second-order valence-corrected chi connectivity index (χ2v) is 3.99. The maximum atomic E-state index is 11.5. The largest absolute Gasteiger partial charge is 0.467 e. The van der Waals surface area contributed by atoms with Gasteiger partial charge in [0.25, 0.3) is 0 Å². The Hall–Kier alpha value is -1.10. The van der Waals surface area contributed by atoms with Crippen LogP contribution in [0.1, 0.15) is 27.2 Å². The first-order valence-corrected chi connectivity index (χ1v) is 5.02. The molecule has 0 heterocycles. The molecular formula is C10H20N2O3. The van der Waals surface area contributed by atoms with E-state index in [0.29, 0.717) is 12.3 Å². The van der Waals surface area contributed by atoms with Crippen molar-refractivity contribution >= 4 is 11.9 Å². The van der Waals surface area contributed by atoms with Gasteiger partial charge in [0.1, 0.15) is 6.04 Å². The smallest absolute Gasteiger partial charge is 0.328 e. The van der Waals surface area contributed by atoms with E-state index < -0.39 is 18.1 Å². The second-order valence-electron chi connectivity index (χ2n) is 3.99. The van der Waals surface area contributed by atoms with Gasteiger partial charge in [0.05, 0.1) is 13.2 Å². The van der Waals surface area contributed by atoms with Gasteiger partial charge in [-0.25, -0.2) is 4.79 Å². The Morgan fingerprint density at radius 3 is 2.27 bits per heavy atom. The van der Waals surface area contributed by atoms with E-state index in [1.165, 1.54) is 7.11 Å². The molecule has 0 saturated heterocycles. The van der Waals surface area contributed by atoms with E-state index in [9.17, 15) is 9.59 Å². The number of nitrogens with one attached hydrogen (secondary N) is 1. The summed E-state index contributed by atoms with van der Waals surface area (Å²) >= 11 is 0. The fourth-order valence-electron chi connectivity index (χ4n) is 1.17. The van der Waals surface area contributed by atoms with Gasteiger partial charge in [-0.1, -0.05) is 13.8 Å². The van der Waals surface area contributed by atoms with E-state index in [4.69, 9.17) is 5.73 Å². The van der Waals surface area contributed by atoms with E-state index in [0.717, 1.165) is 0 Å². The van der Waals surface area contributed by atoms with Crippen LogP contribution in [-0.2, 0) is 14.3 Å². The molecule has 0 spiro atoms. The van der Waals surface area contributed by atoms with Crippen LogP contribution in [0.3, 0.4) is 0 Å². The lowest BCUT2D eigenvalue weighted by molar-refractivity contribution is -0.144. The molecule has 5 heteroatoms. The van der Waals surface area contributed by atoms with Gasteiger partial charge in [-0.3, -0.25) is 4.79 Å². The van der Waals surface area contributed by atoms with Crippen molar-refractivity contribution in [2.75, 3.05) is 7.11 Å². The molecule has 1 amide bonds. The third-order valence-corrected chi connectivity index (χ3v) is 1.98. The van der Waals surface area contributed by atoms with Crippen LogP contribution in [0.25, 0.3) is 0 Å².